The Morgan fingerprint density at radius 2 is 1.85 bits per heavy atom. The molecule has 0 fully saturated rings. The lowest BCUT2D eigenvalue weighted by molar-refractivity contribution is 0.0571. The summed E-state index contributed by atoms with van der Waals surface area (Å²) in [6, 6.07) is 8.98. The lowest BCUT2D eigenvalue weighted by atomic mass is 9.88. The highest BCUT2D eigenvalue weighted by Crippen LogP contribution is 2.30. The number of aryl methyl sites for hydroxylation is 1. The molecule has 0 spiro atoms. The average Bonchev–Trinajstić information content (AvgIpc) is 2.36. The Balaban J connectivity index is 2.32. The molecule has 0 heterocycles. The highest BCUT2D eigenvalue weighted by atomic mass is 79.9. The highest BCUT2D eigenvalue weighted by Gasteiger charge is 2.25. The van der Waals surface area contributed by atoms with Crippen LogP contribution in [0, 0.1) is 18.6 Å². The van der Waals surface area contributed by atoms with Crippen molar-refractivity contribution >= 4 is 15.9 Å². The smallest absolute Gasteiger partial charge is 0.126 e. The van der Waals surface area contributed by atoms with Gasteiger partial charge in [-0.25, -0.2) is 8.78 Å². The standard InChI is InChI=1S/C16H15BrF2O/c1-10-3-5-12(7-15(10)19)16(2,20)9-11-4-6-13(18)8-14(11)17/h3-8,20H,9H2,1-2H3. The van der Waals surface area contributed by atoms with Gasteiger partial charge in [0.1, 0.15) is 11.6 Å². The molecule has 1 N–H and O–H groups in total. The van der Waals surface area contributed by atoms with Gasteiger partial charge < -0.3 is 5.11 Å². The van der Waals surface area contributed by atoms with Gasteiger partial charge in [-0.05, 0) is 48.7 Å². The molecule has 0 saturated carbocycles. The molecule has 0 radical (unpaired) electrons. The van der Waals surface area contributed by atoms with E-state index in [0.29, 0.717) is 15.6 Å². The maximum atomic E-state index is 13.6. The van der Waals surface area contributed by atoms with Gasteiger partial charge in [0.2, 0.25) is 0 Å². The number of aliphatic hydroxyl groups is 1. The van der Waals surface area contributed by atoms with Crippen LogP contribution in [-0.2, 0) is 12.0 Å². The van der Waals surface area contributed by atoms with Crippen molar-refractivity contribution in [1.29, 1.82) is 0 Å². The number of hydrogen-bond acceptors (Lipinski definition) is 1. The molecule has 0 amide bonds. The van der Waals surface area contributed by atoms with Crippen LogP contribution < -0.4 is 0 Å². The molecule has 2 aromatic rings. The van der Waals surface area contributed by atoms with Crippen molar-refractivity contribution in [1.82, 2.24) is 0 Å². The lowest BCUT2D eigenvalue weighted by Crippen LogP contribution is -2.24. The van der Waals surface area contributed by atoms with E-state index in [1.165, 1.54) is 18.2 Å². The molecule has 0 aromatic heterocycles. The number of halogens is 3. The second kappa shape index (κ2) is 5.62. The normalized spacial score (nSPS) is 14.1. The molecule has 0 aliphatic rings. The maximum absolute atomic E-state index is 13.6. The topological polar surface area (TPSA) is 20.2 Å². The predicted octanol–water partition coefficient (Wildman–Crippen LogP) is 4.49. The van der Waals surface area contributed by atoms with Gasteiger partial charge in [-0.15, -0.1) is 0 Å². The van der Waals surface area contributed by atoms with Crippen molar-refractivity contribution < 1.29 is 13.9 Å². The molecule has 1 atom stereocenters. The van der Waals surface area contributed by atoms with Gasteiger partial charge in [-0.1, -0.05) is 34.1 Å². The average molecular weight is 341 g/mol. The van der Waals surface area contributed by atoms with E-state index < -0.39 is 5.60 Å². The van der Waals surface area contributed by atoms with Gasteiger partial charge in [0.05, 0.1) is 5.60 Å². The summed E-state index contributed by atoms with van der Waals surface area (Å²) in [4.78, 5) is 0. The first-order valence-electron chi connectivity index (χ1n) is 6.22. The summed E-state index contributed by atoms with van der Waals surface area (Å²) in [6.07, 6.45) is 0.260. The summed E-state index contributed by atoms with van der Waals surface area (Å²) in [6.45, 7) is 3.29. The third-order valence-electron chi connectivity index (χ3n) is 3.34. The zero-order chi connectivity index (χ0) is 14.9. The summed E-state index contributed by atoms with van der Waals surface area (Å²) in [5, 5.41) is 10.6. The highest BCUT2D eigenvalue weighted by molar-refractivity contribution is 9.10. The second-order valence-electron chi connectivity index (χ2n) is 5.15. The zero-order valence-corrected chi connectivity index (χ0v) is 12.8. The van der Waals surface area contributed by atoms with E-state index in [1.54, 1.807) is 32.0 Å². The summed E-state index contributed by atoms with van der Waals surface area (Å²) in [5.41, 5.74) is 0.566. The van der Waals surface area contributed by atoms with Gasteiger partial charge in [0.15, 0.2) is 0 Å². The maximum Gasteiger partial charge on any atom is 0.126 e. The van der Waals surface area contributed by atoms with Gasteiger partial charge >= 0.3 is 0 Å². The Kier molecular flexibility index (Phi) is 4.25. The molecular weight excluding hydrogens is 326 g/mol. The molecule has 1 nitrogen and oxygen atoms in total. The zero-order valence-electron chi connectivity index (χ0n) is 11.3. The van der Waals surface area contributed by atoms with Crippen LogP contribution in [-0.4, -0.2) is 5.11 Å². The van der Waals surface area contributed by atoms with E-state index in [4.69, 9.17) is 0 Å². The minimum atomic E-state index is -1.23. The molecule has 0 aliphatic heterocycles. The SMILES string of the molecule is Cc1ccc(C(C)(O)Cc2ccc(F)cc2Br)cc1F. The van der Waals surface area contributed by atoms with Crippen LogP contribution in [0.2, 0.25) is 0 Å². The van der Waals surface area contributed by atoms with E-state index in [9.17, 15) is 13.9 Å². The van der Waals surface area contributed by atoms with Gasteiger partial charge in [-0.3, -0.25) is 0 Å². The van der Waals surface area contributed by atoms with Crippen LogP contribution in [0.15, 0.2) is 40.9 Å². The first kappa shape index (κ1) is 15.1. The summed E-state index contributed by atoms with van der Waals surface area (Å²) >= 11 is 3.27. The number of benzene rings is 2. The van der Waals surface area contributed by atoms with Crippen LogP contribution in [0.1, 0.15) is 23.6 Å². The van der Waals surface area contributed by atoms with Crippen molar-refractivity contribution in [3.8, 4) is 0 Å². The van der Waals surface area contributed by atoms with Crippen molar-refractivity contribution in [3.63, 3.8) is 0 Å². The first-order chi connectivity index (χ1) is 9.29. The molecule has 2 rings (SSSR count). The Morgan fingerprint density at radius 3 is 2.45 bits per heavy atom. The minimum Gasteiger partial charge on any atom is -0.385 e. The minimum absolute atomic E-state index is 0.260. The van der Waals surface area contributed by atoms with Crippen molar-refractivity contribution in [2.24, 2.45) is 0 Å². The fraction of sp³-hybridized carbons (Fsp3) is 0.250. The Bertz CT molecular complexity index is 638. The fourth-order valence-corrected chi connectivity index (χ4v) is 2.56. The molecule has 106 valence electrons. The monoisotopic (exact) mass is 340 g/mol. The van der Waals surface area contributed by atoms with E-state index in [0.717, 1.165) is 5.56 Å². The molecule has 20 heavy (non-hydrogen) atoms. The van der Waals surface area contributed by atoms with E-state index >= 15 is 0 Å². The molecular formula is C16H15BrF2O. The number of hydrogen-bond donors (Lipinski definition) is 1. The fourth-order valence-electron chi connectivity index (χ4n) is 2.07. The predicted molar refractivity (Wildman–Crippen MR) is 78.5 cm³/mol. The molecule has 1 unspecified atom stereocenters. The van der Waals surface area contributed by atoms with Crippen molar-refractivity contribution in [3.05, 3.63) is 69.2 Å². The van der Waals surface area contributed by atoms with Gasteiger partial charge in [-0.2, -0.15) is 0 Å². The Hall–Kier alpha value is -1.26. The van der Waals surface area contributed by atoms with E-state index in [1.807, 2.05) is 0 Å². The Morgan fingerprint density at radius 1 is 1.15 bits per heavy atom. The second-order valence-corrected chi connectivity index (χ2v) is 6.00. The Labute approximate surface area is 125 Å². The van der Waals surface area contributed by atoms with Crippen LogP contribution in [0.3, 0.4) is 0 Å². The molecule has 0 bridgehead atoms. The first-order valence-corrected chi connectivity index (χ1v) is 7.02. The molecule has 2 aromatic carbocycles. The molecule has 0 aliphatic carbocycles. The van der Waals surface area contributed by atoms with E-state index in [2.05, 4.69) is 15.9 Å². The third-order valence-corrected chi connectivity index (χ3v) is 4.08. The van der Waals surface area contributed by atoms with Crippen molar-refractivity contribution in [2.75, 3.05) is 0 Å². The van der Waals surface area contributed by atoms with Crippen molar-refractivity contribution in [2.45, 2.75) is 25.9 Å². The largest absolute Gasteiger partial charge is 0.385 e. The summed E-state index contributed by atoms with van der Waals surface area (Å²) in [5.74, 6) is -0.692. The van der Waals surface area contributed by atoms with Gasteiger partial charge in [0.25, 0.3) is 0 Å². The summed E-state index contributed by atoms with van der Waals surface area (Å²) in [7, 11) is 0. The van der Waals surface area contributed by atoms with Crippen LogP contribution >= 0.6 is 15.9 Å². The summed E-state index contributed by atoms with van der Waals surface area (Å²) < 4.78 is 27.3. The van der Waals surface area contributed by atoms with Crippen LogP contribution in [0.5, 0.6) is 0 Å². The van der Waals surface area contributed by atoms with Gasteiger partial charge in [0, 0.05) is 10.9 Å². The third kappa shape index (κ3) is 3.25. The lowest BCUT2D eigenvalue weighted by Gasteiger charge is -2.25. The molecule has 0 saturated heterocycles. The van der Waals surface area contributed by atoms with E-state index in [-0.39, 0.29) is 18.1 Å². The van der Waals surface area contributed by atoms with Crippen LogP contribution in [0.4, 0.5) is 8.78 Å². The quantitative estimate of drug-likeness (QED) is 0.872. The number of rotatable bonds is 3. The molecule has 4 heteroatoms. The van der Waals surface area contributed by atoms with Crippen LogP contribution in [0.25, 0.3) is 0 Å².